The summed E-state index contributed by atoms with van der Waals surface area (Å²) >= 11 is 0. The van der Waals surface area contributed by atoms with Gasteiger partial charge in [-0.05, 0) is 23.8 Å². The van der Waals surface area contributed by atoms with Crippen molar-refractivity contribution in [2.24, 2.45) is 0 Å². The zero-order valence-corrected chi connectivity index (χ0v) is 14.1. The van der Waals surface area contributed by atoms with Gasteiger partial charge in [0, 0.05) is 25.4 Å². The Kier molecular flexibility index (Phi) is 5.43. The summed E-state index contributed by atoms with van der Waals surface area (Å²) in [5, 5.41) is 2.48. The molecule has 1 N–H and O–H groups in total. The molecule has 3 rings (SSSR count). The lowest BCUT2D eigenvalue weighted by Crippen LogP contribution is -2.18. The second-order valence-corrected chi connectivity index (χ2v) is 5.42. The molecule has 2 aromatic carbocycles. The van der Waals surface area contributed by atoms with Gasteiger partial charge in [-0.1, -0.05) is 30.3 Å². The van der Waals surface area contributed by atoms with Gasteiger partial charge in [-0.3, -0.25) is 9.78 Å². The van der Waals surface area contributed by atoms with Gasteiger partial charge in [0.2, 0.25) is 0 Å². The first-order chi connectivity index (χ1) is 12.7. The minimum Gasteiger partial charge on any atom is -0.486 e. The Bertz CT molecular complexity index is 901. The van der Waals surface area contributed by atoms with Crippen LogP contribution in [-0.2, 0) is 6.61 Å². The van der Waals surface area contributed by atoms with E-state index in [1.807, 2.05) is 30.3 Å². The van der Waals surface area contributed by atoms with Gasteiger partial charge in [0.15, 0.2) is 11.6 Å². The molecular formula is C20H17FN2O3. The molecule has 5 nitrogen and oxygen atoms in total. The molecule has 0 saturated heterocycles. The minimum atomic E-state index is -0.529. The largest absolute Gasteiger partial charge is 0.486 e. The maximum absolute atomic E-state index is 14.2. The molecular weight excluding hydrogens is 335 g/mol. The Morgan fingerprint density at radius 1 is 1.08 bits per heavy atom. The molecule has 0 radical (unpaired) electrons. The van der Waals surface area contributed by atoms with Crippen LogP contribution in [0.3, 0.4) is 0 Å². The standard InChI is InChI=1S/C20H17FN2O3/c1-22-20(24)18-12-16(9-10-23-18)26-15-7-8-19(17(21)11-15)25-13-14-5-3-2-4-6-14/h2-12H,13H2,1H3,(H,22,24). The van der Waals surface area contributed by atoms with Crippen LogP contribution in [0.2, 0.25) is 0 Å². The number of pyridine rings is 1. The first-order valence-corrected chi connectivity index (χ1v) is 7.98. The van der Waals surface area contributed by atoms with E-state index >= 15 is 0 Å². The molecule has 0 unspecified atom stereocenters. The summed E-state index contributed by atoms with van der Waals surface area (Å²) in [5.74, 6) is -0.0353. The van der Waals surface area contributed by atoms with Gasteiger partial charge in [-0.15, -0.1) is 0 Å². The highest BCUT2D eigenvalue weighted by atomic mass is 19.1. The molecule has 0 spiro atoms. The Morgan fingerprint density at radius 3 is 2.58 bits per heavy atom. The molecule has 0 aliphatic heterocycles. The van der Waals surface area contributed by atoms with Crippen LogP contribution in [-0.4, -0.2) is 17.9 Å². The third kappa shape index (κ3) is 4.36. The fourth-order valence-electron chi connectivity index (χ4n) is 2.26. The molecule has 0 atom stereocenters. The van der Waals surface area contributed by atoms with Crippen molar-refractivity contribution in [2.45, 2.75) is 6.61 Å². The van der Waals surface area contributed by atoms with Crippen molar-refractivity contribution in [3.63, 3.8) is 0 Å². The maximum Gasteiger partial charge on any atom is 0.269 e. The second-order valence-electron chi connectivity index (χ2n) is 5.42. The molecule has 0 aliphatic rings. The van der Waals surface area contributed by atoms with E-state index in [1.54, 1.807) is 12.1 Å². The molecule has 26 heavy (non-hydrogen) atoms. The van der Waals surface area contributed by atoms with E-state index in [0.29, 0.717) is 11.5 Å². The van der Waals surface area contributed by atoms with Crippen LogP contribution in [0.4, 0.5) is 4.39 Å². The summed E-state index contributed by atoms with van der Waals surface area (Å²) in [7, 11) is 1.51. The predicted octanol–water partition coefficient (Wildman–Crippen LogP) is 3.95. The van der Waals surface area contributed by atoms with E-state index in [1.165, 1.54) is 31.4 Å². The van der Waals surface area contributed by atoms with E-state index in [0.717, 1.165) is 5.56 Å². The van der Waals surface area contributed by atoms with Crippen LogP contribution < -0.4 is 14.8 Å². The van der Waals surface area contributed by atoms with Crippen molar-refractivity contribution < 1.29 is 18.7 Å². The van der Waals surface area contributed by atoms with Crippen molar-refractivity contribution in [2.75, 3.05) is 7.05 Å². The molecule has 0 saturated carbocycles. The van der Waals surface area contributed by atoms with E-state index in [4.69, 9.17) is 9.47 Å². The Hall–Kier alpha value is -3.41. The number of aromatic nitrogens is 1. The molecule has 3 aromatic rings. The normalized spacial score (nSPS) is 10.2. The number of amides is 1. The van der Waals surface area contributed by atoms with E-state index in [-0.39, 0.29) is 24.0 Å². The number of halogens is 1. The van der Waals surface area contributed by atoms with Gasteiger partial charge in [0.05, 0.1) is 0 Å². The van der Waals surface area contributed by atoms with Crippen LogP contribution in [0.15, 0.2) is 66.9 Å². The molecule has 1 heterocycles. The summed E-state index contributed by atoms with van der Waals surface area (Å²) in [6.07, 6.45) is 1.45. The summed E-state index contributed by atoms with van der Waals surface area (Å²) in [6, 6.07) is 16.9. The van der Waals surface area contributed by atoms with Crippen LogP contribution in [0.25, 0.3) is 0 Å². The van der Waals surface area contributed by atoms with Gasteiger partial charge >= 0.3 is 0 Å². The number of carbonyl (C=O) groups excluding carboxylic acids is 1. The number of carbonyl (C=O) groups is 1. The van der Waals surface area contributed by atoms with Crippen molar-refractivity contribution >= 4 is 5.91 Å². The highest BCUT2D eigenvalue weighted by Crippen LogP contribution is 2.27. The lowest BCUT2D eigenvalue weighted by atomic mass is 10.2. The highest BCUT2D eigenvalue weighted by Gasteiger charge is 2.09. The molecule has 132 valence electrons. The van der Waals surface area contributed by atoms with Crippen LogP contribution >= 0.6 is 0 Å². The monoisotopic (exact) mass is 352 g/mol. The lowest BCUT2D eigenvalue weighted by Gasteiger charge is -2.10. The lowest BCUT2D eigenvalue weighted by molar-refractivity contribution is 0.0958. The molecule has 6 heteroatoms. The number of rotatable bonds is 6. The summed E-state index contributed by atoms with van der Waals surface area (Å²) < 4.78 is 25.3. The zero-order valence-electron chi connectivity index (χ0n) is 14.1. The smallest absolute Gasteiger partial charge is 0.269 e. The number of hydrogen-bond donors (Lipinski definition) is 1. The van der Waals surface area contributed by atoms with Crippen LogP contribution in [0, 0.1) is 5.82 Å². The summed E-state index contributed by atoms with van der Waals surface area (Å²) in [6.45, 7) is 0.276. The molecule has 1 aromatic heterocycles. The number of benzene rings is 2. The maximum atomic E-state index is 14.2. The van der Waals surface area contributed by atoms with Crippen molar-refractivity contribution in [1.82, 2.24) is 10.3 Å². The van der Waals surface area contributed by atoms with E-state index < -0.39 is 5.82 Å². The second kappa shape index (κ2) is 8.11. The van der Waals surface area contributed by atoms with E-state index in [2.05, 4.69) is 10.3 Å². The SMILES string of the molecule is CNC(=O)c1cc(Oc2ccc(OCc3ccccc3)c(F)c2)ccn1. The van der Waals surface area contributed by atoms with Gasteiger partial charge in [-0.2, -0.15) is 0 Å². The zero-order chi connectivity index (χ0) is 18.4. The Balaban J connectivity index is 1.68. The quantitative estimate of drug-likeness (QED) is 0.730. The van der Waals surface area contributed by atoms with Crippen LogP contribution in [0.1, 0.15) is 16.1 Å². The van der Waals surface area contributed by atoms with Gasteiger partial charge in [0.1, 0.15) is 23.8 Å². The number of nitrogens with zero attached hydrogens (tertiary/aromatic N) is 1. The fraction of sp³-hybridized carbons (Fsp3) is 0.100. The number of ether oxygens (including phenoxy) is 2. The topological polar surface area (TPSA) is 60.5 Å². The Morgan fingerprint density at radius 2 is 1.85 bits per heavy atom. The van der Waals surface area contributed by atoms with Gasteiger partial charge < -0.3 is 14.8 Å². The van der Waals surface area contributed by atoms with Crippen LogP contribution in [0.5, 0.6) is 17.2 Å². The predicted molar refractivity (Wildman–Crippen MR) is 94.9 cm³/mol. The third-order valence-corrected chi connectivity index (χ3v) is 3.57. The third-order valence-electron chi connectivity index (χ3n) is 3.57. The number of nitrogens with one attached hydrogen (secondary N) is 1. The average molecular weight is 352 g/mol. The van der Waals surface area contributed by atoms with Crippen molar-refractivity contribution in [3.8, 4) is 17.2 Å². The molecule has 0 fully saturated rings. The van der Waals surface area contributed by atoms with E-state index in [9.17, 15) is 9.18 Å². The average Bonchev–Trinajstić information content (AvgIpc) is 2.68. The molecule has 1 amide bonds. The summed E-state index contributed by atoms with van der Waals surface area (Å²) in [5.41, 5.74) is 1.17. The first kappa shape index (κ1) is 17.4. The minimum absolute atomic E-state index is 0.141. The van der Waals surface area contributed by atoms with Crippen molar-refractivity contribution in [1.29, 1.82) is 0 Å². The highest BCUT2D eigenvalue weighted by molar-refractivity contribution is 5.92. The van der Waals surface area contributed by atoms with Crippen molar-refractivity contribution in [3.05, 3.63) is 83.9 Å². The Labute approximate surface area is 150 Å². The first-order valence-electron chi connectivity index (χ1n) is 7.98. The number of hydrogen-bond acceptors (Lipinski definition) is 4. The fourth-order valence-corrected chi connectivity index (χ4v) is 2.26. The van der Waals surface area contributed by atoms with Gasteiger partial charge in [0.25, 0.3) is 5.91 Å². The van der Waals surface area contributed by atoms with Gasteiger partial charge in [-0.25, -0.2) is 4.39 Å². The molecule has 0 aliphatic carbocycles. The summed E-state index contributed by atoms with van der Waals surface area (Å²) in [4.78, 5) is 15.6. The molecule has 0 bridgehead atoms.